The summed E-state index contributed by atoms with van der Waals surface area (Å²) in [7, 11) is 1.13. The number of hydrogen-bond acceptors (Lipinski definition) is 3. The first-order chi connectivity index (χ1) is 9.29. The minimum Gasteiger partial charge on any atom is -0.301 e. The Hall–Kier alpha value is -2.38. The maximum Gasteiger partial charge on any atom is 0.418 e. The Labute approximate surface area is 109 Å². The van der Waals surface area contributed by atoms with Gasteiger partial charge in [0.1, 0.15) is 6.29 Å². The molecule has 1 heterocycles. The predicted octanol–water partition coefficient (Wildman–Crippen LogP) is 0.918. The maximum atomic E-state index is 12.9. The number of alkyl halides is 3. The van der Waals surface area contributed by atoms with E-state index in [0.717, 1.165) is 23.7 Å². The summed E-state index contributed by atoms with van der Waals surface area (Å²) in [4.78, 5) is 34.3. The summed E-state index contributed by atoms with van der Waals surface area (Å²) in [6.07, 6.45) is -4.35. The summed E-state index contributed by atoms with van der Waals surface area (Å²) >= 11 is 0. The van der Waals surface area contributed by atoms with Gasteiger partial charge in [-0.25, -0.2) is 4.79 Å². The molecule has 0 amide bonds. The van der Waals surface area contributed by atoms with Crippen LogP contribution in [0.15, 0.2) is 27.8 Å². The Morgan fingerprint density at radius 1 is 1.25 bits per heavy atom. The molecular formula is C12H9F3N2O3. The van der Waals surface area contributed by atoms with Crippen LogP contribution < -0.4 is 11.2 Å². The Bertz CT molecular complexity index is 802. The van der Waals surface area contributed by atoms with E-state index < -0.39 is 35.1 Å². The van der Waals surface area contributed by atoms with Crippen LogP contribution in [0.2, 0.25) is 0 Å². The number of halogens is 3. The minimum absolute atomic E-state index is 0.260. The molecule has 0 saturated carbocycles. The predicted molar refractivity (Wildman–Crippen MR) is 64.5 cm³/mol. The van der Waals surface area contributed by atoms with Crippen molar-refractivity contribution in [1.82, 2.24) is 9.13 Å². The number of aromatic nitrogens is 2. The Morgan fingerprint density at radius 2 is 1.90 bits per heavy atom. The van der Waals surface area contributed by atoms with Gasteiger partial charge in [0.25, 0.3) is 5.56 Å². The summed E-state index contributed by atoms with van der Waals surface area (Å²) in [5.74, 6) is 0. The van der Waals surface area contributed by atoms with E-state index in [9.17, 15) is 27.6 Å². The molecule has 0 N–H and O–H groups in total. The van der Waals surface area contributed by atoms with Gasteiger partial charge in [-0.05, 0) is 12.1 Å². The third kappa shape index (κ3) is 2.02. The fourth-order valence-electron chi connectivity index (χ4n) is 2.05. The van der Waals surface area contributed by atoms with Crippen LogP contribution in [-0.4, -0.2) is 15.4 Å². The normalized spacial score (nSPS) is 11.8. The number of carbonyl (C=O) groups excluding carboxylic acids is 1. The first kappa shape index (κ1) is 14.0. The van der Waals surface area contributed by atoms with Gasteiger partial charge in [-0.15, -0.1) is 0 Å². The highest BCUT2D eigenvalue weighted by atomic mass is 19.4. The van der Waals surface area contributed by atoms with Crippen molar-refractivity contribution in [3.05, 3.63) is 44.6 Å². The van der Waals surface area contributed by atoms with E-state index in [1.165, 1.54) is 6.07 Å². The number of hydrogen-bond donors (Lipinski definition) is 0. The van der Waals surface area contributed by atoms with Crippen LogP contribution in [0.5, 0.6) is 0 Å². The molecule has 0 unspecified atom stereocenters. The van der Waals surface area contributed by atoms with Gasteiger partial charge in [0.15, 0.2) is 0 Å². The van der Waals surface area contributed by atoms with Gasteiger partial charge in [-0.1, -0.05) is 6.07 Å². The summed E-state index contributed by atoms with van der Waals surface area (Å²) in [6.45, 7) is -0.502. The van der Waals surface area contributed by atoms with Crippen molar-refractivity contribution >= 4 is 17.2 Å². The van der Waals surface area contributed by atoms with E-state index in [-0.39, 0.29) is 5.39 Å². The van der Waals surface area contributed by atoms with Crippen LogP contribution in [0, 0.1) is 0 Å². The molecule has 0 spiro atoms. The largest absolute Gasteiger partial charge is 0.418 e. The highest BCUT2D eigenvalue weighted by Crippen LogP contribution is 2.33. The number of fused-ring (bicyclic) bond motifs is 1. The second-order valence-corrected chi connectivity index (χ2v) is 4.12. The SMILES string of the molecule is Cn1c(=O)n(CC=O)c(=O)c2cccc(C(F)(F)F)c21. The molecule has 5 nitrogen and oxygen atoms in total. The molecule has 2 rings (SSSR count). The lowest BCUT2D eigenvalue weighted by Gasteiger charge is -2.14. The minimum atomic E-state index is -4.69. The molecule has 8 heteroatoms. The number of para-hydroxylation sites is 1. The number of benzene rings is 1. The average Bonchev–Trinajstić information content (AvgIpc) is 2.39. The summed E-state index contributed by atoms with van der Waals surface area (Å²) in [5, 5.41) is -0.260. The van der Waals surface area contributed by atoms with Crippen LogP contribution in [0.3, 0.4) is 0 Å². The topological polar surface area (TPSA) is 61.1 Å². The smallest absolute Gasteiger partial charge is 0.301 e. The zero-order valence-electron chi connectivity index (χ0n) is 10.3. The summed E-state index contributed by atoms with van der Waals surface area (Å²) in [5.41, 5.74) is -3.44. The van der Waals surface area contributed by atoms with Crippen molar-refractivity contribution in [1.29, 1.82) is 0 Å². The Kier molecular flexibility index (Phi) is 3.24. The third-order valence-corrected chi connectivity index (χ3v) is 2.93. The van der Waals surface area contributed by atoms with Gasteiger partial charge in [0, 0.05) is 7.05 Å². The van der Waals surface area contributed by atoms with Crippen molar-refractivity contribution in [3.63, 3.8) is 0 Å². The molecule has 0 bridgehead atoms. The van der Waals surface area contributed by atoms with Crippen molar-refractivity contribution < 1.29 is 18.0 Å². The summed E-state index contributed by atoms with van der Waals surface area (Å²) < 4.78 is 40.1. The first-order valence-corrected chi connectivity index (χ1v) is 5.52. The number of carbonyl (C=O) groups is 1. The lowest BCUT2D eigenvalue weighted by molar-refractivity contribution is -0.136. The highest BCUT2D eigenvalue weighted by molar-refractivity contribution is 5.82. The quantitative estimate of drug-likeness (QED) is 0.771. The molecule has 20 heavy (non-hydrogen) atoms. The average molecular weight is 286 g/mol. The van der Waals surface area contributed by atoms with Gasteiger partial charge in [0.05, 0.1) is 23.0 Å². The monoisotopic (exact) mass is 286 g/mol. The molecule has 0 atom stereocenters. The molecule has 0 fully saturated rings. The zero-order chi connectivity index (χ0) is 15.1. The molecule has 0 aliphatic carbocycles. The highest BCUT2D eigenvalue weighted by Gasteiger charge is 2.34. The van der Waals surface area contributed by atoms with Crippen LogP contribution in [0.4, 0.5) is 13.2 Å². The number of aldehydes is 1. The van der Waals surface area contributed by atoms with E-state index in [2.05, 4.69) is 0 Å². The zero-order valence-corrected chi connectivity index (χ0v) is 10.3. The molecular weight excluding hydrogens is 277 g/mol. The standard InChI is InChI=1S/C12H9F3N2O3/c1-16-9-7(3-2-4-8(9)12(13,14)15)10(19)17(5-6-18)11(16)20/h2-4,6H,5H2,1H3. The van der Waals surface area contributed by atoms with Crippen molar-refractivity contribution in [2.45, 2.75) is 12.7 Å². The fraction of sp³-hybridized carbons (Fsp3) is 0.250. The Morgan fingerprint density at radius 3 is 2.45 bits per heavy atom. The second-order valence-electron chi connectivity index (χ2n) is 4.12. The van der Waals surface area contributed by atoms with Gasteiger partial charge in [0.2, 0.25) is 0 Å². The molecule has 0 saturated heterocycles. The van der Waals surface area contributed by atoms with Gasteiger partial charge < -0.3 is 4.79 Å². The van der Waals surface area contributed by atoms with Crippen LogP contribution in [0.25, 0.3) is 10.9 Å². The molecule has 1 aromatic carbocycles. The molecule has 2 aromatic rings. The molecule has 1 aromatic heterocycles. The van der Waals surface area contributed by atoms with Crippen molar-refractivity contribution in [3.8, 4) is 0 Å². The van der Waals surface area contributed by atoms with Crippen LogP contribution >= 0.6 is 0 Å². The lowest BCUT2D eigenvalue weighted by atomic mass is 10.1. The van der Waals surface area contributed by atoms with Crippen LogP contribution in [0.1, 0.15) is 5.56 Å². The van der Waals surface area contributed by atoms with Gasteiger partial charge >= 0.3 is 11.9 Å². The molecule has 106 valence electrons. The number of nitrogens with zero attached hydrogens (tertiary/aromatic N) is 2. The Balaban J connectivity index is 3.04. The van der Waals surface area contributed by atoms with E-state index in [0.29, 0.717) is 10.9 Å². The van der Waals surface area contributed by atoms with Gasteiger partial charge in [-0.2, -0.15) is 13.2 Å². The first-order valence-electron chi connectivity index (χ1n) is 5.52. The molecule has 0 aliphatic heterocycles. The van der Waals surface area contributed by atoms with Gasteiger partial charge in [-0.3, -0.25) is 13.9 Å². The van der Waals surface area contributed by atoms with Crippen LogP contribution in [-0.2, 0) is 24.6 Å². The molecule has 0 aliphatic rings. The summed E-state index contributed by atoms with van der Waals surface area (Å²) in [6, 6.07) is 3.07. The van der Waals surface area contributed by atoms with E-state index >= 15 is 0 Å². The van der Waals surface area contributed by atoms with Crippen molar-refractivity contribution in [2.75, 3.05) is 0 Å². The second kappa shape index (κ2) is 4.62. The number of rotatable bonds is 2. The number of aryl methyl sites for hydroxylation is 1. The lowest BCUT2D eigenvalue weighted by Crippen LogP contribution is -2.40. The maximum absolute atomic E-state index is 12.9. The third-order valence-electron chi connectivity index (χ3n) is 2.93. The van der Waals surface area contributed by atoms with E-state index in [1.54, 1.807) is 0 Å². The van der Waals surface area contributed by atoms with E-state index in [4.69, 9.17) is 0 Å². The van der Waals surface area contributed by atoms with Crippen molar-refractivity contribution in [2.24, 2.45) is 7.05 Å². The van der Waals surface area contributed by atoms with E-state index in [1.807, 2.05) is 0 Å². The fourth-order valence-corrected chi connectivity index (χ4v) is 2.05. The molecule has 0 radical (unpaired) electrons.